The zero-order chi connectivity index (χ0) is 16.3. The van der Waals surface area contributed by atoms with E-state index in [0.29, 0.717) is 18.5 Å². The lowest BCUT2D eigenvalue weighted by atomic mass is 10.2. The molecule has 1 aliphatic carbocycles. The third-order valence-corrected chi connectivity index (χ3v) is 5.80. The smallest absolute Gasteiger partial charge is 0.240 e. The third kappa shape index (κ3) is 4.63. The van der Waals surface area contributed by atoms with Gasteiger partial charge >= 0.3 is 0 Å². The van der Waals surface area contributed by atoms with Gasteiger partial charge in [-0.3, -0.25) is 4.79 Å². The molecule has 1 fully saturated rings. The van der Waals surface area contributed by atoms with E-state index in [9.17, 15) is 13.2 Å². The molecule has 1 aliphatic rings. The average molecular weight is 350 g/mol. The summed E-state index contributed by atoms with van der Waals surface area (Å²) in [6.07, 6.45) is 2.82. The topological polar surface area (TPSA) is 75.3 Å². The molecule has 2 N–H and O–H groups in total. The molecule has 0 radical (unpaired) electrons. The Hall–Kier alpha value is -1.70. The van der Waals surface area contributed by atoms with E-state index in [0.717, 1.165) is 18.4 Å². The number of rotatable bonds is 7. The Kier molecular flexibility index (Phi) is 4.79. The number of sulfonamides is 1. The lowest BCUT2D eigenvalue weighted by Gasteiger charge is -2.09. The molecule has 1 saturated carbocycles. The molecule has 1 aromatic carbocycles. The average Bonchev–Trinajstić information content (AvgIpc) is 3.16. The summed E-state index contributed by atoms with van der Waals surface area (Å²) in [5.41, 5.74) is 1.63. The molecule has 0 bridgehead atoms. The molecule has 0 aliphatic heterocycles. The van der Waals surface area contributed by atoms with Crippen molar-refractivity contribution in [3.8, 4) is 0 Å². The summed E-state index contributed by atoms with van der Waals surface area (Å²) in [6, 6.07) is 8.41. The SMILES string of the molecule is O=C(CCc1ccsc1)Nc1cccc(S(=O)(=O)NC2CC2)c1. The van der Waals surface area contributed by atoms with Crippen molar-refractivity contribution in [1.29, 1.82) is 0 Å². The molecule has 1 amide bonds. The fourth-order valence-corrected chi connectivity index (χ4v) is 4.20. The Balaban J connectivity index is 1.61. The van der Waals surface area contributed by atoms with Crippen LogP contribution in [0, 0.1) is 0 Å². The molecule has 2 aromatic rings. The van der Waals surface area contributed by atoms with E-state index in [1.165, 1.54) is 12.1 Å². The highest BCUT2D eigenvalue weighted by atomic mass is 32.2. The van der Waals surface area contributed by atoms with Crippen LogP contribution in [0.5, 0.6) is 0 Å². The number of hydrogen-bond acceptors (Lipinski definition) is 4. The molecule has 122 valence electrons. The number of carbonyl (C=O) groups is 1. The number of thiophene rings is 1. The summed E-state index contributed by atoms with van der Waals surface area (Å²) in [6.45, 7) is 0. The number of aryl methyl sites for hydroxylation is 1. The number of anilines is 1. The van der Waals surface area contributed by atoms with Gasteiger partial charge in [-0.05, 0) is 59.9 Å². The van der Waals surface area contributed by atoms with Gasteiger partial charge in [-0.1, -0.05) is 6.07 Å². The Bertz CT molecular complexity index is 781. The van der Waals surface area contributed by atoms with Crippen molar-refractivity contribution in [3.05, 3.63) is 46.7 Å². The van der Waals surface area contributed by atoms with E-state index in [2.05, 4.69) is 10.0 Å². The predicted molar refractivity (Wildman–Crippen MR) is 91.1 cm³/mol. The van der Waals surface area contributed by atoms with E-state index in [4.69, 9.17) is 0 Å². The molecule has 23 heavy (non-hydrogen) atoms. The number of carbonyl (C=O) groups excluding carboxylic acids is 1. The molecule has 1 heterocycles. The largest absolute Gasteiger partial charge is 0.326 e. The van der Waals surface area contributed by atoms with Crippen LogP contribution >= 0.6 is 11.3 Å². The summed E-state index contributed by atoms with van der Waals surface area (Å²) < 4.78 is 27.0. The van der Waals surface area contributed by atoms with Crippen LogP contribution in [0.15, 0.2) is 46.0 Å². The fraction of sp³-hybridized carbons (Fsp3) is 0.312. The molecular weight excluding hydrogens is 332 g/mol. The van der Waals surface area contributed by atoms with Crippen LogP contribution in [-0.4, -0.2) is 20.4 Å². The summed E-state index contributed by atoms with van der Waals surface area (Å²) in [4.78, 5) is 12.2. The van der Waals surface area contributed by atoms with E-state index >= 15 is 0 Å². The molecule has 0 saturated heterocycles. The van der Waals surface area contributed by atoms with Crippen LogP contribution in [0.4, 0.5) is 5.69 Å². The minimum Gasteiger partial charge on any atom is -0.326 e. The van der Waals surface area contributed by atoms with Crippen molar-refractivity contribution in [2.45, 2.75) is 36.6 Å². The van der Waals surface area contributed by atoms with E-state index < -0.39 is 10.0 Å². The fourth-order valence-electron chi connectivity index (χ4n) is 2.15. The number of benzene rings is 1. The van der Waals surface area contributed by atoms with Gasteiger partial charge in [0.2, 0.25) is 15.9 Å². The molecule has 0 atom stereocenters. The second-order valence-electron chi connectivity index (χ2n) is 5.60. The van der Waals surface area contributed by atoms with Gasteiger partial charge in [-0.15, -0.1) is 0 Å². The summed E-state index contributed by atoms with van der Waals surface area (Å²) in [5, 5.41) is 6.76. The van der Waals surface area contributed by atoms with Crippen LogP contribution in [-0.2, 0) is 21.2 Å². The van der Waals surface area contributed by atoms with Crippen molar-refractivity contribution in [2.75, 3.05) is 5.32 Å². The van der Waals surface area contributed by atoms with Gasteiger partial charge < -0.3 is 5.32 Å². The van der Waals surface area contributed by atoms with Gasteiger partial charge in [-0.25, -0.2) is 13.1 Å². The summed E-state index contributed by atoms with van der Waals surface area (Å²) in [7, 11) is -3.50. The molecule has 3 rings (SSSR count). The second kappa shape index (κ2) is 6.82. The maximum atomic E-state index is 12.2. The van der Waals surface area contributed by atoms with E-state index in [1.807, 2.05) is 16.8 Å². The Morgan fingerprint density at radius 3 is 2.78 bits per heavy atom. The van der Waals surface area contributed by atoms with Crippen LogP contribution < -0.4 is 10.0 Å². The summed E-state index contributed by atoms with van der Waals surface area (Å²) >= 11 is 1.60. The maximum absolute atomic E-state index is 12.2. The van der Waals surface area contributed by atoms with Crippen LogP contribution in [0.3, 0.4) is 0 Å². The number of hydrogen-bond donors (Lipinski definition) is 2. The van der Waals surface area contributed by atoms with Crippen molar-refractivity contribution in [2.24, 2.45) is 0 Å². The summed E-state index contributed by atoms with van der Waals surface area (Å²) in [5.74, 6) is -0.124. The molecular formula is C16H18N2O3S2. The Morgan fingerprint density at radius 1 is 1.26 bits per heavy atom. The first-order valence-electron chi connectivity index (χ1n) is 7.46. The molecule has 0 spiro atoms. The highest BCUT2D eigenvalue weighted by Crippen LogP contribution is 2.23. The van der Waals surface area contributed by atoms with Gasteiger partial charge in [0.15, 0.2) is 0 Å². The molecule has 0 unspecified atom stereocenters. The molecule has 1 aromatic heterocycles. The van der Waals surface area contributed by atoms with Crippen LogP contribution in [0.2, 0.25) is 0 Å². The van der Waals surface area contributed by atoms with Crippen molar-refractivity contribution in [3.63, 3.8) is 0 Å². The number of nitrogens with one attached hydrogen (secondary N) is 2. The maximum Gasteiger partial charge on any atom is 0.240 e. The number of amides is 1. The standard InChI is InChI=1S/C16H18N2O3S2/c19-16(7-4-12-8-9-22-11-12)17-14-2-1-3-15(10-14)23(20,21)18-13-5-6-13/h1-3,8-11,13,18H,4-7H2,(H,17,19). The van der Waals surface area contributed by atoms with Crippen molar-refractivity contribution >= 4 is 33.0 Å². The predicted octanol–water partition coefficient (Wildman–Crippen LogP) is 2.76. The lowest BCUT2D eigenvalue weighted by molar-refractivity contribution is -0.116. The van der Waals surface area contributed by atoms with Crippen molar-refractivity contribution < 1.29 is 13.2 Å². The van der Waals surface area contributed by atoms with Crippen LogP contribution in [0.25, 0.3) is 0 Å². The van der Waals surface area contributed by atoms with Gasteiger partial charge in [0.25, 0.3) is 0 Å². The second-order valence-corrected chi connectivity index (χ2v) is 8.10. The minimum absolute atomic E-state index is 0.0591. The molecule has 7 heteroatoms. The Morgan fingerprint density at radius 2 is 2.09 bits per heavy atom. The first-order chi connectivity index (χ1) is 11.0. The quantitative estimate of drug-likeness (QED) is 0.806. The van der Waals surface area contributed by atoms with Gasteiger partial charge in [0, 0.05) is 18.2 Å². The zero-order valence-electron chi connectivity index (χ0n) is 12.5. The molecule has 5 nitrogen and oxygen atoms in total. The van der Waals surface area contributed by atoms with Crippen molar-refractivity contribution in [1.82, 2.24) is 4.72 Å². The Labute approximate surface area is 139 Å². The van der Waals surface area contributed by atoms with Gasteiger partial charge in [0.1, 0.15) is 0 Å². The minimum atomic E-state index is -3.50. The zero-order valence-corrected chi connectivity index (χ0v) is 14.1. The van der Waals surface area contributed by atoms with Crippen LogP contribution in [0.1, 0.15) is 24.8 Å². The van der Waals surface area contributed by atoms with E-state index in [-0.39, 0.29) is 16.8 Å². The van der Waals surface area contributed by atoms with E-state index in [1.54, 1.807) is 23.5 Å². The highest BCUT2D eigenvalue weighted by molar-refractivity contribution is 7.89. The third-order valence-electron chi connectivity index (χ3n) is 3.55. The lowest BCUT2D eigenvalue weighted by Crippen LogP contribution is -2.25. The first-order valence-corrected chi connectivity index (χ1v) is 9.89. The highest BCUT2D eigenvalue weighted by Gasteiger charge is 2.28. The first kappa shape index (κ1) is 16.2. The normalized spacial score (nSPS) is 14.6. The van der Waals surface area contributed by atoms with Gasteiger partial charge in [-0.2, -0.15) is 11.3 Å². The van der Waals surface area contributed by atoms with Gasteiger partial charge in [0.05, 0.1) is 4.90 Å². The monoisotopic (exact) mass is 350 g/mol.